The summed E-state index contributed by atoms with van der Waals surface area (Å²) in [6.45, 7) is 0. The van der Waals surface area contributed by atoms with Gasteiger partial charge in [0, 0.05) is 33.7 Å². The highest BCUT2D eigenvalue weighted by atomic mass is 35.5. The number of carbonyl (C=O) groups is 2. The lowest BCUT2D eigenvalue weighted by Crippen LogP contribution is -2.26. The number of ether oxygens (including phenoxy) is 1. The van der Waals surface area contributed by atoms with Crippen molar-refractivity contribution in [2.45, 2.75) is 6.10 Å². The first-order chi connectivity index (χ1) is 13.4. The lowest BCUT2D eigenvalue weighted by atomic mass is 10.1. The van der Waals surface area contributed by atoms with E-state index >= 15 is 0 Å². The Morgan fingerprint density at radius 2 is 1.64 bits per heavy atom. The van der Waals surface area contributed by atoms with Crippen molar-refractivity contribution in [3.8, 4) is 0 Å². The van der Waals surface area contributed by atoms with E-state index in [1.165, 1.54) is 30.6 Å². The number of carbonyl (C=O) groups excluding carboxylic acids is 2. The molecule has 1 heterocycles. The number of benzene rings is 2. The van der Waals surface area contributed by atoms with Gasteiger partial charge >= 0.3 is 5.97 Å². The van der Waals surface area contributed by atoms with Crippen molar-refractivity contribution >= 4 is 46.6 Å². The molecule has 1 atom stereocenters. The lowest BCUT2D eigenvalue weighted by Gasteiger charge is -2.18. The zero-order chi connectivity index (χ0) is 20.1. The molecule has 0 saturated heterocycles. The van der Waals surface area contributed by atoms with Gasteiger partial charge < -0.3 is 15.8 Å². The van der Waals surface area contributed by atoms with E-state index in [1.54, 1.807) is 30.3 Å². The minimum atomic E-state index is -1.26. The quantitative estimate of drug-likeness (QED) is 0.610. The van der Waals surface area contributed by atoms with Crippen LogP contribution in [0.3, 0.4) is 0 Å². The maximum absolute atomic E-state index is 12.8. The van der Waals surface area contributed by atoms with E-state index in [1.807, 2.05) is 0 Å². The smallest absolute Gasteiger partial charge is 0.361 e. The van der Waals surface area contributed by atoms with Gasteiger partial charge in [-0.1, -0.05) is 53.5 Å². The maximum atomic E-state index is 12.8. The van der Waals surface area contributed by atoms with Gasteiger partial charge in [-0.2, -0.15) is 0 Å². The first-order valence-corrected chi connectivity index (χ1v) is 8.79. The molecule has 28 heavy (non-hydrogen) atoms. The molecule has 0 spiro atoms. The SMILES string of the molecule is Nc1nccnc1C(=O)OC(C(=O)Nc1cc(Cl)cc(Cl)c1)c1ccccc1. The van der Waals surface area contributed by atoms with E-state index in [4.69, 9.17) is 33.7 Å². The van der Waals surface area contributed by atoms with Crippen molar-refractivity contribution in [1.29, 1.82) is 0 Å². The Balaban J connectivity index is 1.88. The fraction of sp³-hybridized carbons (Fsp3) is 0.0526. The number of anilines is 2. The average molecular weight is 417 g/mol. The third-order valence-electron chi connectivity index (χ3n) is 3.62. The number of hydrogen-bond acceptors (Lipinski definition) is 6. The number of nitrogen functional groups attached to an aromatic ring is 1. The van der Waals surface area contributed by atoms with Gasteiger partial charge in [-0.3, -0.25) is 4.79 Å². The molecule has 3 aromatic rings. The fourth-order valence-electron chi connectivity index (χ4n) is 2.40. The zero-order valence-electron chi connectivity index (χ0n) is 14.3. The van der Waals surface area contributed by atoms with E-state index in [0.717, 1.165) is 0 Å². The van der Waals surface area contributed by atoms with Gasteiger partial charge in [0.05, 0.1) is 0 Å². The van der Waals surface area contributed by atoms with Crippen LogP contribution >= 0.6 is 23.2 Å². The molecule has 3 N–H and O–H groups in total. The number of hydrogen-bond donors (Lipinski definition) is 2. The summed E-state index contributed by atoms with van der Waals surface area (Å²) in [5, 5.41) is 3.34. The summed E-state index contributed by atoms with van der Waals surface area (Å²) in [6, 6.07) is 13.1. The van der Waals surface area contributed by atoms with Crippen molar-refractivity contribution in [2.75, 3.05) is 11.1 Å². The molecule has 0 aliphatic heterocycles. The summed E-state index contributed by atoms with van der Waals surface area (Å²) in [7, 11) is 0. The van der Waals surface area contributed by atoms with E-state index in [2.05, 4.69) is 15.3 Å². The molecule has 0 aliphatic carbocycles. The largest absolute Gasteiger partial charge is 0.442 e. The van der Waals surface area contributed by atoms with Gasteiger partial charge in [0.1, 0.15) is 0 Å². The topological polar surface area (TPSA) is 107 Å². The second-order valence-corrected chi connectivity index (χ2v) is 6.51. The molecular weight excluding hydrogens is 403 g/mol. The molecule has 0 saturated carbocycles. The molecule has 0 radical (unpaired) electrons. The van der Waals surface area contributed by atoms with Gasteiger partial charge in [-0.15, -0.1) is 0 Å². The highest BCUT2D eigenvalue weighted by Gasteiger charge is 2.27. The van der Waals surface area contributed by atoms with Crippen LogP contribution in [0.25, 0.3) is 0 Å². The second-order valence-electron chi connectivity index (χ2n) is 5.63. The van der Waals surface area contributed by atoms with Crippen LogP contribution in [0.5, 0.6) is 0 Å². The van der Waals surface area contributed by atoms with Crippen molar-refractivity contribution in [1.82, 2.24) is 9.97 Å². The molecule has 1 unspecified atom stereocenters. The highest BCUT2D eigenvalue weighted by Crippen LogP contribution is 2.26. The molecule has 1 aromatic heterocycles. The van der Waals surface area contributed by atoms with Gasteiger partial charge in [0.15, 0.2) is 11.5 Å². The van der Waals surface area contributed by atoms with Crippen molar-refractivity contribution in [2.24, 2.45) is 0 Å². The van der Waals surface area contributed by atoms with E-state index in [-0.39, 0.29) is 11.5 Å². The lowest BCUT2D eigenvalue weighted by molar-refractivity contribution is -0.125. The van der Waals surface area contributed by atoms with Crippen LogP contribution in [0.4, 0.5) is 11.5 Å². The molecule has 142 valence electrons. The number of nitrogens with one attached hydrogen (secondary N) is 1. The number of amides is 1. The Kier molecular flexibility index (Phi) is 6.08. The molecule has 7 nitrogen and oxygen atoms in total. The van der Waals surface area contributed by atoms with E-state index in [9.17, 15) is 9.59 Å². The van der Waals surface area contributed by atoms with Crippen LogP contribution in [0.1, 0.15) is 22.2 Å². The van der Waals surface area contributed by atoms with Gasteiger partial charge in [-0.05, 0) is 18.2 Å². The van der Waals surface area contributed by atoms with Crippen LogP contribution in [0.2, 0.25) is 10.0 Å². The monoisotopic (exact) mass is 416 g/mol. The molecule has 9 heteroatoms. The average Bonchev–Trinajstić information content (AvgIpc) is 2.66. The third kappa shape index (κ3) is 4.76. The fourth-order valence-corrected chi connectivity index (χ4v) is 2.93. The van der Waals surface area contributed by atoms with Crippen molar-refractivity contribution in [3.05, 3.63) is 82.2 Å². The first-order valence-electron chi connectivity index (χ1n) is 8.03. The number of halogens is 2. The molecule has 1 amide bonds. The van der Waals surface area contributed by atoms with Crippen molar-refractivity contribution < 1.29 is 14.3 Å². The number of nitrogens with two attached hydrogens (primary N) is 1. The molecule has 2 aromatic carbocycles. The Labute approximate surface area is 170 Å². The minimum absolute atomic E-state index is 0.0960. The van der Waals surface area contributed by atoms with E-state index in [0.29, 0.717) is 21.3 Å². The Bertz CT molecular complexity index is 995. The van der Waals surface area contributed by atoms with Crippen LogP contribution < -0.4 is 11.1 Å². The molecule has 0 fully saturated rings. The molecule has 3 rings (SSSR count). The normalized spacial score (nSPS) is 11.5. The predicted octanol–water partition coefficient (Wildman–Crippen LogP) is 3.90. The summed E-state index contributed by atoms with van der Waals surface area (Å²) in [5.41, 5.74) is 6.31. The van der Waals surface area contributed by atoms with Gasteiger partial charge in [0.2, 0.25) is 6.10 Å². The predicted molar refractivity (Wildman–Crippen MR) is 106 cm³/mol. The molecule has 0 aliphatic rings. The van der Waals surface area contributed by atoms with Crippen LogP contribution in [-0.4, -0.2) is 21.8 Å². The Hall–Kier alpha value is -3.16. The van der Waals surface area contributed by atoms with Crippen LogP contribution in [0, 0.1) is 0 Å². The Morgan fingerprint density at radius 1 is 1.00 bits per heavy atom. The summed E-state index contributed by atoms with van der Waals surface area (Å²) >= 11 is 11.9. The number of aromatic nitrogens is 2. The minimum Gasteiger partial charge on any atom is -0.442 e. The second kappa shape index (κ2) is 8.69. The maximum Gasteiger partial charge on any atom is 0.361 e. The summed E-state index contributed by atoms with van der Waals surface area (Å²) in [6.07, 6.45) is 1.39. The summed E-state index contributed by atoms with van der Waals surface area (Å²) < 4.78 is 5.40. The third-order valence-corrected chi connectivity index (χ3v) is 4.05. The van der Waals surface area contributed by atoms with Gasteiger partial charge in [-0.25, -0.2) is 14.8 Å². The standard InChI is InChI=1S/C19H14Cl2N4O3/c20-12-8-13(21)10-14(9-12)25-18(26)16(11-4-2-1-3-5-11)28-19(27)15-17(22)24-7-6-23-15/h1-10,16H,(H2,22,24)(H,25,26). The first kappa shape index (κ1) is 19.6. The number of rotatable bonds is 5. The zero-order valence-corrected chi connectivity index (χ0v) is 15.8. The van der Waals surface area contributed by atoms with Crippen molar-refractivity contribution in [3.63, 3.8) is 0 Å². The summed E-state index contributed by atoms with van der Waals surface area (Å²) in [5.74, 6) is -1.57. The van der Waals surface area contributed by atoms with Gasteiger partial charge in [0.25, 0.3) is 5.91 Å². The van der Waals surface area contributed by atoms with Crippen LogP contribution in [0.15, 0.2) is 60.9 Å². The van der Waals surface area contributed by atoms with E-state index < -0.39 is 18.0 Å². The highest BCUT2D eigenvalue weighted by molar-refractivity contribution is 6.35. The number of nitrogens with zero attached hydrogens (tertiary/aromatic N) is 2. The Morgan fingerprint density at radius 3 is 2.29 bits per heavy atom. The summed E-state index contributed by atoms with van der Waals surface area (Å²) in [4.78, 5) is 33.0. The number of esters is 1. The molecule has 0 bridgehead atoms. The van der Waals surface area contributed by atoms with Crippen LogP contribution in [-0.2, 0) is 9.53 Å². The molecular formula is C19H14Cl2N4O3.